The fourth-order valence-electron chi connectivity index (χ4n) is 1.41. The van der Waals surface area contributed by atoms with Crippen molar-refractivity contribution in [3.05, 3.63) is 23.8 Å². The van der Waals surface area contributed by atoms with Crippen LogP contribution in [-0.2, 0) is 0 Å². The average molecular weight is 204 g/mol. The van der Waals surface area contributed by atoms with Crippen molar-refractivity contribution >= 4 is 5.69 Å². The molecule has 3 heteroatoms. The fraction of sp³-hybridized carbons (Fsp3) is 0.417. The minimum Gasteiger partial charge on any atom is -0.491 e. The lowest BCUT2D eigenvalue weighted by atomic mass is 10.2. The fourth-order valence-corrected chi connectivity index (χ4v) is 1.41. The minimum atomic E-state index is 0.183. The Balaban J connectivity index is 2.72. The van der Waals surface area contributed by atoms with E-state index in [1.54, 1.807) is 18.2 Å². The van der Waals surface area contributed by atoms with Crippen LogP contribution in [-0.4, -0.2) is 6.10 Å². The van der Waals surface area contributed by atoms with Crippen LogP contribution in [0.2, 0.25) is 0 Å². The Morgan fingerprint density at radius 2 is 2.27 bits per heavy atom. The third kappa shape index (κ3) is 3.17. The highest BCUT2D eigenvalue weighted by atomic mass is 16.5. The second kappa shape index (κ2) is 5.26. The van der Waals surface area contributed by atoms with Crippen LogP contribution in [0, 0.1) is 11.3 Å². The van der Waals surface area contributed by atoms with Crippen molar-refractivity contribution in [1.29, 1.82) is 5.26 Å². The number of nitriles is 1. The maximum absolute atomic E-state index is 8.70. The summed E-state index contributed by atoms with van der Waals surface area (Å²) in [6, 6.07) is 7.18. The van der Waals surface area contributed by atoms with Gasteiger partial charge in [0.25, 0.3) is 0 Å². The van der Waals surface area contributed by atoms with Crippen LogP contribution in [0.5, 0.6) is 5.75 Å². The van der Waals surface area contributed by atoms with Gasteiger partial charge in [-0.05, 0) is 25.5 Å². The smallest absolute Gasteiger partial charge is 0.121 e. The Kier molecular flexibility index (Phi) is 3.99. The molecular formula is C12H16N2O. The summed E-state index contributed by atoms with van der Waals surface area (Å²) >= 11 is 0. The van der Waals surface area contributed by atoms with E-state index in [-0.39, 0.29) is 6.10 Å². The molecule has 0 bridgehead atoms. The zero-order chi connectivity index (χ0) is 11.3. The highest BCUT2D eigenvalue weighted by molar-refractivity contribution is 5.57. The SMILES string of the molecule is CCCC(C)Oc1ccc(C#N)c(N)c1. The monoisotopic (exact) mass is 204 g/mol. The van der Waals surface area contributed by atoms with Crippen LogP contribution in [0.25, 0.3) is 0 Å². The van der Waals surface area contributed by atoms with E-state index in [1.807, 2.05) is 13.0 Å². The summed E-state index contributed by atoms with van der Waals surface area (Å²) in [5.41, 5.74) is 6.64. The van der Waals surface area contributed by atoms with Gasteiger partial charge in [-0.2, -0.15) is 5.26 Å². The van der Waals surface area contributed by atoms with Crippen molar-refractivity contribution in [2.45, 2.75) is 32.8 Å². The molecule has 2 N–H and O–H groups in total. The molecular weight excluding hydrogens is 188 g/mol. The highest BCUT2D eigenvalue weighted by Gasteiger charge is 2.04. The van der Waals surface area contributed by atoms with Crippen LogP contribution in [0.3, 0.4) is 0 Å². The molecule has 0 radical (unpaired) electrons. The number of hydrogen-bond donors (Lipinski definition) is 1. The molecule has 1 aromatic carbocycles. The van der Waals surface area contributed by atoms with Gasteiger partial charge in [-0.25, -0.2) is 0 Å². The zero-order valence-corrected chi connectivity index (χ0v) is 9.16. The minimum absolute atomic E-state index is 0.183. The van der Waals surface area contributed by atoms with Gasteiger partial charge >= 0.3 is 0 Å². The quantitative estimate of drug-likeness (QED) is 0.767. The number of rotatable bonds is 4. The summed E-state index contributed by atoms with van der Waals surface area (Å²) in [6.07, 6.45) is 2.29. The molecule has 0 aliphatic rings. The molecule has 0 aromatic heterocycles. The van der Waals surface area contributed by atoms with Gasteiger partial charge in [0.2, 0.25) is 0 Å². The number of anilines is 1. The van der Waals surface area contributed by atoms with E-state index in [9.17, 15) is 0 Å². The Bertz CT molecular complexity index is 368. The number of benzene rings is 1. The van der Waals surface area contributed by atoms with Crippen LogP contribution >= 0.6 is 0 Å². The predicted octanol–water partition coefficient (Wildman–Crippen LogP) is 2.71. The van der Waals surface area contributed by atoms with Crippen LogP contribution in [0.4, 0.5) is 5.69 Å². The third-order valence-corrected chi connectivity index (χ3v) is 2.18. The maximum Gasteiger partial charge on any atom is 0.121 e. The van der Waals surface area contributed by atoms with Crippen molar-refractivity contribution in [2.24, 2.45) is 0 Å². The molecule has 1 unspecified atom stereocenters. The Labute approximate surface area is 90.5 Å². The van der Waals surface area contributed by atoms with E-state index in [2.05, 4.69) is 6.92 Å². The summed E-state index contributed by atoms with van der Waals surface area (Å²) in [5.74, 6) is 0.729. The summed E-state index contributed by atoms with van der Waals surface area (Å²) in [7, 11) is 0. The number of nitrogens with zero attached hydrogens (tertiary/aromatic N) is 1. The van der Waals surface area contributed by atoms with Crippen molar-refractivity contribution in [3.63, 3.8) is 0 Å². The molecule has 15 heavy (non-hydrogen) atoms. The first-order chi connectivity index (χ1) is 7.17. The topological polar surface area (TPSA) is 59.0 Å². The van der Waals surface area contributed by atoms with E-state index < -0.39 is 0 Å². The summed E-state index contributed by atoms with van der Waals surface area (Å²) in [4.78, 5) is 0. The summed E-state index contributed by atoms with van der Waals surface area (Å²) in [5, 5.41) is 8.70. The highest BCUT2D eigenvalue weighted by Crippen LogP contribution is 2.20. The predicted molar refractivity (Wildman–Crippen MR) is 60.6 cm³/mol. The molecule has 0 spiro atoms. The molecule has 1 rings (SSSR count). The largest absolute Gasteiger partial charge is 0.491 e. The molecule has 1 aromatic rings. The molecule has 3 nitrogen and oxygen atoms in total. The van der Waals surface area contributed by atoms with Crippen LogP contribution < -0.4 is 10.5 Å². The molecule has 0 aliphatic heterocycles. The van der Waals surface area contributed by atoms with E-state index in [0.717, 1.165) is 18.6 Å². The standard InChI is InChI=1S/C12H16N2O/c1-3-4-9(2)15-11-6-5-10(8-13)12(14)7-11/h5-7,9H,3-4,14H2,1-2H3. The molecule has 0 saturated heterocycles. The van der Waals surface area contributed by atoms with Crippen molar-refractivity contribution in [1.82, 2.24) is 0 Å². The van der Waals surface area contributed by atoms with Gasteiger partial charge in [0, 0.05) is 6.07 Å². The second-order valence-electron chi connectivity index (χ2n) is 3.58. The van der Waals surface area contributed by atoms with Crippen LogP contribution in [0.15, 0.2) is 18.2 Å². The van der Waals surface area contributed by atoms with Crippen molar-refractivity contribution < 1.29 is 4.74 Å². The number of hydrogen-bond acceptors (Lipinski definition) is 3. The molecule has 0 amide bonds. The van der Waals surface area contributed by atoms with Gasteiger partial charge in [-0.1, -0.05) is 13.3 Å². The lowest BCUT2D eigenvalue weighted by Gasteiger charge is -2.14. The number of nitrogens with two attached hydrogens (primary N) is 1. The molecule has 0 saturated carbocycles. The Hall–Kier alpha value is -1.69. The Morgan fingerprint density at radius 3 is 2.80 bits per heavy atom. The van der Waals surface area contributed by atoms with Crippen molar-refractivity contribution in [2.75, 3.05) is 5.73 Å². The molecule has 0 aliphatic carbocycles. The van der Waals surface area contributed by atoms with Crippen molar-refractivity contribution in [3.8, 4) is 11.8 Å². The Morgan fingerprint density at radius 1 is 1.53 bits per heavy atom. The lowest BCUT2D eigenvalue weighted by Crippen LogP contribution is -2.11. The first kappa shape index (κ1) is 11.4. The number of ether oxygens (including phenoxy) is 1. The summed E-state index contributed by atoms with van der Waals surface area (Å²) in [6.45, 7) is 4.14. The third-order valence-electron chi connectivity index (χ3n) is 2.18. The average Bonchev–Trinajstić information content (AvgIpc) is 2.18. The van der Waals surface area contributed by atoms with Gasteiger partial charge in [0.05, 0.1) is 17.4 Å². The second-order valence-corrected chi connectivity index (χ2v) is 3.58. The lowest BCUT2D eigenvalue weighted by molar-refractivity contribution is 0.210. The first-order valence-electron chi connectivity index (χ1n) is 5.13. The van der Waals surface area contributed by atoms with Gasteiger partial charge in [0.15, 0.2) is 0 Å². The van der Waals surface area contributed by atoms with Gasteiger partial charge in [-0.15, -0.1) is 0 Å². The molecule has 80 valence electrons. The van der Waals surface area contributed by atoms with Crippen LogP contribution in [0.1, 0.15) is 32.3 Å². The number of nitrogen functional groups attached to an aromatic ring is 1. The van der Waals surface area contributed by atoms with E-state index in [0.29, 0.717) is 11.3 Å². The maximum atomic E-state index is 8.70. The van der Waals surface area contributed by atoms with E-state index in [1.165, 1.54) is 0 Å². The zero-order valence-electron chi connectivity index (χ0n) is 9.16. The molecule has 1 atom stereocenters. The first-order valence-corrected chi connectivity index (χ1v) is 5.13. The molecule has 0 fully saturated rings. The van der Waals surface area contributed by atoms with Gasteiger partial charge in [-0.3, -0.25) is 0 Å². The van der Waals surface area contributed by atoms with Gasteiger partial charge in [0.1, 0.15) is 11.8 Å². The summed E-state index contributed by atoms with van der Waals surface area (Å²) < 4.78 is 5.65. The van der Waals surface area contributed by atoms with E-state index in [4.69, 9.17) is 15.7 Å². The normalized spacial score (nSPS) is 11.8. The van der Waals surface area contributed by atoms with E-state index >= 15 is 0 Å². The molecule has 0 heterocycles. The van der Waals surface area contributed by atoms with Gasteiger partial charge < -0.3 is 10.5 Å².